The van der Waals surface area contributed by atoms with Gasteiger partial charge in [-0.1, -0.05) is 36.7 Å². The molecule has 1 N–H and O–H groups in total. The van der Waals surface area contributed by atoms with Gasteiger partial charge in [0.15, 0.2) is 5.78 Å². The Hall–Kier alpha value is -2.17. The summed E-state index contributed by atoms with van der Waals surface area (Å²) < 4.78 is 19.8. The summed E-state index contributed by atoms with van der Waals surface area (Å²) in [6.45, 7) is 8.86. The second-order valence-corrected chi connectivity index (χ2v) is 8.44. The molecular formula is C23H24ClFO3. The quantitative estimate of drug-likeness (QED) is 0.671. The van der Waals surface area contributed by atoms with Crippen LogP contribution in [0.3, 0.4) is 0 Å². The molecule has 0 aromatic heterocycles. The van der Waals surface area contributed by atoms with E-state index in [9.17, 15) is 14.3 Å². The van der Waals surface area contributed by atoms with Gasteiger partial charge in [-0.05, 0) is 74.6 Å². The number of aliphatic hydroxyl groups excluding tert-OH is 1. The molecule has 0 aliphatic carbocycles. The van der Waals surface area contributed by atoms with Crippen molar-refractivity contribution < 1.29 is 19.0 Å². The molecular weight excluding hydrogens is 379 g/mol. The summed E-state index contributed by atoms with van der Waals surface area (Å²) in [5, 5.41) is 10.9. The summed E-state index contributed by atoms with van der Waals surface area (Å²) in [6.07, 6.45) is 0.677. The van der Waals surface area contributed by atoms with Gasteiger partial charge in [0.25, 0.3) is 0 Å². The minimum Gasteiger partial charge on any atom is -0.508 e. The van der Waals surface area contributed by atoms with E-state index in [1.165, 1.54) is 12.1 Å². The van der Waals surface area contributed by atoms with Gasteiger partial charge in [0.05, 0.1) is 10.6 Å². The number of halogens is 2. The number of carbonyl (C=O) groups excluding carboxylic acids is 1. The van der Waals surface area contributed by atoms with Crippen molar-refractivity contribution in [1.82, 2.24) is 0 Å². The molecule has 0 atom stereocenters. The average Bonchev–Trinajstić information content (AvgIpc) is 2.62. The van der Waals surface area contributed by atoms with Crippen LogP contribution in [-0.2, 0) is 16.0 Å². The van der Waals surface area contributed by atoms with Crippen LogP contribution in [0.5, 0.6) is 0 Å². The molecule has 2 aromatic carbocycles. The first kappa shape index (κ1) is 20.6. The number of aliphatic hydroxyl groups is 1. The summed E-state index contributed by atoms with van der Waals surface area (Å²) in [5.74, 6) is -0.879. The van der Waals surface area contributed by atoms with E-state index in [2.05, 4.69) is 0 Å². The number of hydrogen-bond acceptors (Lipinski definition) is 3. The number of benzene rings is 2. The standard InChI is InChI=1S/C23H24ClFO3/c1-6-13-7-8-14(15-9-10-17(24)18(25)12-15)11-16(13)19-20(26)22(2,3)28-23(4,5)21(19)27/h7-12,26H,6H2,1-5H3. The lowest BCUT2D eigenvalue weighted by Gasteiger charge is -2.40. The molecule has 1 heterocycles. The molecule has 5 heteroatoms. The van der Waals surface area contributed by atoms with Gasteiger partial charge >= 0.3 is 0 Å². The number of ether oxygens (including phenoxy) is 1. The van der Waals surface area contributed by atoms with E-state index in [0.717, 1.165) is 11.1 Å². The number of aryl methyl sites for hydroxylation is 1. The van der Waals surface area contributed by atoms with Gasteiger partial charge in [-0.2, -0.15) is 0 Å². The highest BCUT2D eigenvalue weighted by molar-refractivity contribution is 6.30. The van der Waals surface area contributed by atoms with Crippen molar-refractivity contribution >= 4 is 23.0 Å². The van der Waals surface area contributed by atoms with Crippen LogP contribution in [0.4, 0.5) is 4.39 Å². The smallest absolute Gasteiger partial charge is 0.198 e. The third-order valence-corrected chi connectivity index (χ3v) is 5.41. The van der Waals surface area contributed by atoms with E-state index in [1.807, 2.05) is 25.1 Å². The first-order valence-corrected chi connectivity index (χ1v) is 9.63. The van der Waals surface area contributed by atoms with Crippen molar-refractivity contribution in [2.75, 3.05) is 0 Å². The molecule has 0 unspecified atom stereocenters. The monoisotopic (exact) mass is 402 g/mol. The van der Waals surface area contributed by atoms with Crippen LogP contribution in [0.1, 0.15) is 45.7 Å². The Balaban J connectivity index is 2.25. The Morgan fingerprint density at radius 3 is 2.25 bits per heavy atom. The fraction of sp³-hybridized carbons (Fsp3) is 0.348. The number of rotatable bonds is 3. The van der Waals surface area contributed by atoms with Crippen molar-refractivity contribution in [2.24, 2.45) is 0 Å². The summed E-state index contributed by atoms with van der Waals surface area (Å²) >= 11 is 5.80. The SMILES string of the molecule is CCc1ccc(-c2ccc(Cl)c(F)c2)cc1C1=C(O)C(C)(C)OC(C)(C)C1=O. The largest absolute Gasteiger partial charge is 0.508 e. The minimum absolute atomic E-state index is 0.0533. The Morgan fingerprint density at radius 2 is 1.64 bits per heavy atom. The van der Waals surface area contributed by atoms with Gasteiger partial charge in [0.1, 0.15) is 22.8 Å². The van der Waals surface area contributed by atoms with Crippen LogP contribution in [0, 0.1) is 5.82 Å². The first-order valence-electron chi connectivity index (χ1n) is 9.25. The number of ketones is 1. The van der Waals surface area contributed by atoms with Crippen molar-refractivity contribution in [1.29, 1.82) is 0 Å². The van der Waals surface area contributed by atoms with Gasteiger partial charge in [0.2, 0.25) is 0 Å². The summed E-state index contributed by atoms with van der Waals surface area (Å²) in [5.41, 5.74) is 1.12. The fourth-order valence-electron chi connectivity index (χ4n) is 3.66. The second kappa shape index (κ2) is 7.02. The minimum atomic E-state index is -1.07. The molecule has 0 saturated carbocycles. The van der Waals surface area contributed by atoms with Gasteiger partial charge in [-0.3, -0.25) is 4.79 Å². The van der Waals surface area contributed by atoms with Crippen LogP contribution in [-0.4, -0.2) is 22.1 Å². The van der Waals surface area contributed by atoms with E-state index in [-0.39, 0.29) is 22.1 Å². The summed E-state index contributed by atoms with van der Waals surface area (Å²) in [7, 11) is 0. The van der Waals surface area contributed by atoms with E-state index in [4.69, 9.17) is 16.3 Å². The number of carbonyl (C=O) groups is 1. The molecule has 3 rings (SSSR count). The third-order valence-electron chi connectivity index (χ3n) is 5.10. The van der Waals surface area contributed by atoms with E-state index >= 15 is 0 Å². The highest BCUT2D eigenvalue weighted by Gasteiger charge is 2.47. The molecule has 28 heavy (non-hydrogen) atoms. The average molecular weight is 403 g/mol. The highest BCUT2D eigenvalue weighted by Crippen LogP contribution is 2.41. The van der Waals surface area contributed by atoms with Crippen LogP contribution < -0.4 is 0 Å². The number of Topliss-reactive ketones (excluding diaryl/α,β-unsaturated/α-hetero) is 1. The zero-order valence-electron chi connectivity index (χ0n) is 16.7. The molecule has 0 fully saturated rings. The van der Waals surface area contributed by atoms with E-state index in [1.54, 1.807) is 33.8 Å². The maximum absolute atomic E-state index is 13.9. The molecule has 1 aliphatic heterocycles. The number of hydrogen-bond donors (Lipinski definition) is 1. The lowest BCUT2D eigenvalue weighted by atomic mass is 9.80. The van der Waals surface area contributed by atoms with E-state index in [0.29, 0.717) is 17.5 Å². The van der Waals surface area contributed by atoms with Crippen LogP contribution >= 0.6 is 11.6 Å². The van der Waals surface area contributed by atoms with Crippen LogP contribution in [0.25, 0.3) is 16.7 Å². The topological polar surface area (TPSA) is 46.5 Å². The maximum atomic E-state index is 13.9. The Labute approximate surface area is 169 Å². The normalized spacial score (nSPS) is 18.5. The summed E-state index contributed by atoms with van der Waals surface area (Å²) in [6, 6.07) is 10.2. The molecule has 0 amide bonds. The Kier molecular flexibility index (Phi) is 5.15. The molecule has 0 bridgehead atoms. The van der Waals surface area contributed by atoms with Gasteiger partial charge in [-0.15, -0.1) is 0 Å². The van der Waals surface area contributed by atoms with Crippen molar-refractivity contribution in [3.63, 3.8) is 0 Å². The molecule has 148 valence electrons. The van der Waals surface area contributed by atoms with Crippen LogP contribution in [0.2, 0.25) is 5.02 Å². The molecule has 2 aromatic rings. The molecule has 0 spiro atoms. The summed E-state index contributed by atoms with van der Waals surface area (Å²) in [4.78, 5) is 13.1. The van der Waals surface area contributed by atoms with Crippen molar-refractivity contribution in [2.45, 2.75) is 52.2 Å². The molecule has 0 radical (unpaired) electrons. The van der Waals surface area contributed by atoms with Crippen molar-refractivity contribution in [3.05, 3.63) is 64.1 Å². The Morgan fingerprint density at radius 1 is 1.04 bits per heavy atom. The molecule has 1 aliphatic rings. The lowest BCUT2D eigenvalue weighted by Crippen LogP contribution is -2.49. The zero-order chi connectivity index (χ0) is 20.9. The van der Waals surface area contributed by atoms with Crippen molar-refractivity contribution in [3.8, 4) is 11.1 Å². The highest BCUT2D eigenvalue weighted by atomic mass is 35.5. The van der Waals surface area contributed by atoms with Crippen LogP contribution in [0.15, 0.2) is 42.2 Å². The third kappa shape index (κ3) is 3.47. The van der Waals surface area contributed by atoms with Gasteiger partial charge in [-0.25, -0.2) is 4.39 Å². The second-order valence-electron chi connectivity index (χ2n) is 8.03. The van der Waals surface area contributed by atoms with Gasteiger partial charge < -0.3 is 9.84 Å². The maximum Gasteiger partial charge on any atom is 0.198 e. The zero-order valence-corrected chi connectivity index (χ0v) is 17.4. The predicted molar refractivity (Wildman–Crippen MR) is 110 cm³/mol. The Bertz CT molecular complexity index is 989. The lowest BCUT2D eigenvalue weighted by molar-refractivity contribution is -0.158. The first-order chi connectivity index (χ1) is 13.0. The van der Waals surface area contributed by atoms with Gasteiger partial charge in [0, 0.05) is 0 Å². The fourth-order valence-corrected chi connectivity index (χ4v) is 3.78. The van der Waals surface area contributed by atoms with E-state index < -0.39 is 17.0 Å². The predicted octanol–water partition coefficient (Wildman–Crippen LogP) is 6.13. The molecule has 0 saturated heterocycles. The molecule has 3 nitrogen and oxygen atoms in total.